The summed E-state index contributed by atoms with van der Waals surface area (Å²) in [7, 11) is 0. The summed E-state index contributed by atoms with van der Waals surface area (Å²) in [5, 5.41) is 19.1. The standard InChI is InChI=1S/C15H14ClN3O/c16-15-10-18-14(9-19-15)12(6-7-20)13(8-17)11-4-2-1-3-5-11/h1-5,9-10,12-13,20H,6-7H2/t12-,13+/m0/s1. The molecule has 0 bridgehead atoms. The minimum absolute atomic E-state index is 0.0139. The van der Waals surface area contributed by atoms with Crippen LogP contribution in [0.15, 0.2) is 42.7 Å². The zero-order valence-electron chi connectivity index (χ0n) is 10.8. The molecule has 20 heavy (non-hydrogen) atoms. The van der Waals surface area contributed by atoms with Gasteiger partial charge in [-0.25, -0.2) is 4.98 Å². The SMILES string of the molecule is N#C[C@H](c1ccccc1)[C@H](CCO)c1cnc(Cl)cn1. The number of halogens is 1. The fourth-order valence-electron chi connectivity index (χ4n) is 2.20. The number of hydrogen-bond donors (Lipinski definition) is 1. The molecule has 102 valence electrons. The Balaban J connectivity index is 2.36. The Hall–Kier alpha value is -1.96. The van der Waals surface area contributed by atoms with Crippen molar-refractivity contribution >= 4 is 11.6 Å². The molecule has 0 aliphatic rings. The molecule has 5 heteroatoms. The number of nitrogens with zero attached hydrogens (tertiary/aromatic N) is 3. The van der Waals surface area contributed by atoms with Crippen LogP contribution in [0, 0.1) is 11.3 Å². The van der Waals surface area contributed by atoms with E-state index in [1.54, 1.807) is 6.20 Å². The second-order valence-corrected chi connectivity index (χ2v) is 4.79. The van der Waals surface area contributed by atoms with E-state index in [9.17, 15) is 10.4 Å². The van der Waals surface area contributed by atoms with E-state index in [0.29, 0.717) is 17.3 Å². The molecule has 0 saturated carbocycles. The Kier molecular flexibility index (Phi) is 5.05. The van der Waals surface area contributed by atoms with Gasteiger partial charge in [-0.05, 0) is 12.0 Å². The van der Waals surface area contributed by atoms with Crippen molar-refractivity contribution < 1.29 is 5.11 Å². The summed E-state index contributed by atoms with van der Waals surface area (Å²) < 4.78 is 0. The molecule has 0 aliphatic heterocycles. The third-order valence-electron chi connectivity index (χ3n) is 3.16. The van der Waals surface area contributed by atoms with Crippen LogP contribution in [0.3, 0.4) is 0 Å². The minimum atomic E-state index is -0.376. The van der Waals surface area contributed by atoms with Gasteiger partial charge in [-0.3, -0.25) is 4.98 Å². The molecule has 0 spiro atoms. The van der Waals surface area contributed by atoms with Crippen molar-refractivity contribution in [1.82, 2.24) is 9.97 Å². The maximum atomic E-state index is 9.49. The monoisotopic (exact) mass is 287 g/mol. The molecular formula is C15H14ClN3O. The Bertz CT molecular complexity index is 580. The van der Waals surface area contributed by atoms with Crippen molar-refractivity contribution in [3.8, 4) is 6.07 Å². The van der Waals surface area contributed by atoms with Crippen LogP contribution in [0.5, 0.6) is 0 Å². The van der Waals surface area contributed by atoms with Crippen molar-refractivity contribution in [2.45, 2.75) is 18.3 Å². The average molecular weight is 288 g/mol. The number of rotatable bonds is 5. The van der Waals surface area contributed by atoms with Gasteiger partial charge in [0.15, 0.2) is 0 Å². The lowest BCUT2D eigenvalue weighted by atomic mass is 9.83. The van der Waals surface area contributed by atoms with E-state index in [1.165, 1.54) is 6.20 Å². The van der Waals surface area contributed by atoms with Crippen LogP contribution in [0.25, 0.3) is 0 Å². The van der Waals surface area contributed by atoms with E-state index in [2.05, 4.69) is 16.0 Å². The molecule has 1 heterocycles. The third-order valence-corrected chi connectivity index (χ3v) is 3.36. The number of nitriles is 1. The van der Waals surface area contributed by atoms with Crippen molar-refractivity contribution in [3.05, 3.63) is 59.1 Å². The fourth-order valence-corrected chi connectivity index (χ4v) is 2.29. The summed E-state index contributed by atoms with van der Waals surface area (Å²) in [6, 6.07) is 11.8. The first-order chi connectivity index (χ1) is 9.76. The smallest absolute Gasteiger partial charge is 0.147 e. The highest BCUT2D eigenvalue weighted by Gasteiger charge is 2.25. The minimum Gasteiger partial charge on any atom is -0.396 e. The topological polar surface area (TPSA) is 69.8 Å². The summed E-state index contributed by atoms with van der Waals surface area (Å²) in [4.78, 5) is 8.24. The second kappa shape index (κ2) is 6.99. The molecule has 2 atom stereocenters. The van der Waals surface area contributed by atoms with Crippen LogP contribution >= 0.6 is 11.6 Å². The molecule has 0 radical (unpaired) electrons. The number of benzene rings is 1. The number of aliphatic hydroxyl groups excluding tert-OH is 1. The summed E-state index contributed by atoms with van der Waals surface area (Å²) in [5.41, 5.74) is 1.57. The van der Waals surface area contributed by atoms with Crippen LogP contribution in [0.2, 0.25) is 5.15 Å². The van der Waals surface area contributed by atoms with Gasteiger partial charge in [0.2, 0.25) is 0 Å². The molecule has 0 aliphatic carbocycles. The van der Waals surface area contributed by atoms with Gasteiger partial charge in [0.1, 0.15) is 5.15 Å². The molecule has 1 N–H and O–H groups in total. The first kappa shape index (κ1) is 14.4. The highest BCUT2D eigenvalue weighted by Crippen LogP contribution is 2.33. The van der Waals surface area contributed by atoms with E-state index in [0.717, 1.165) is 5.56 Å². The molecule has 2 aromatic rings. The summed E-state index contributed by atoms with van der Waals surface area (Å²) in [6.07, 6.45) is 3.47. The normalized spacial score (nSPS) is 13.4. The van der Waals surface area contributed by atoms with Crippen molar-refractivity contribution in [3.63, 3.8) is 0 Å². The van der Waals surface area contributed by atoms with Crippen molar-refractivity contribution in [2.75, 3.05) is 6.61 Å². The van der Waals surface area contributed by atoms with Gasteiger partial charge in [-0.1, -0.05) is 41.9 Å². The lowest BCUT2D eigenvalue weighted by molar-refractivity contribution is 0.271. The maximum absolute atomic E-state index is 9.49. The first-order valence-electron chi connectivity index (χ1n) is 6.29. The molecule has 2 rings (SSSR count). The molecule has 1 aromatic carbocycles. The molecule has 0 amide bonds. The highest BCUT2D eigenvalue weighted by atomic mass is 35.5. The summed E-state index contributed by atoms with van der Waals surface area (Å²) in [5.74, 6) is -0.587. The van der Waals surface area contributed by atoms with E-state index >= 15 is 0 Å². The van der Waals surface area contributed by atoms with Gasteiger partial charge in [-0.2, -0.15) is 5.26 Å². The average Bonchev–Trinajstić information content (AvgIpc) is 2.49. The van der Waals surface area contributed by atoms with Gasteiger partial charge in [-0.15, -0.1) is 0 Å². The Morgan fingerprint density at radius 2 is 1.95 bits per heavy atom. The summed E-state index contributed by atoms with van der Waals surface area (Å²) >= 11 is 5.74. The molecule has 0 saturated heterocycles. The molecular weight excluding hydrogens is 274 g/mol. The number of aliphatic hydroxyl groups is 1. The van der Waals surface area contributed by atoms with Gasteiger partial charge in [0, 0.05) is 12.5 Å². The summed E-state index contributed by atoms with van der Waals surface area (Å²) in [6.45, 7) is -0.0139. The van der Waals surface area contributed by atoms with Gasteiger partial charge >= 0.3 is 0 Å². The molecule has 0 fully saturated rings. The predicted molar refractivity (Wildman–Crippen MR) is 76.3 cm³/mol. The molecule has 4 nitrogen and oxygen atoms in total. The van der Waals surface area contributed by atoms with E-state index in [1.807, 2.05) is 30.3 Å². The highest BCUT2D eigenvalue weighted by molar-refractivity contribution is 6.29. The lowest BCUT2D eigenvalue weighted by Crippen LogP contribution is -2.13. The molecule has 0 unspecified atom stereocenters. The van der Waals surface area contributed by atoms with Gasteiger partial charge in [0.05, 0.1) is 30.1 Å². The van der Waals surface area contributed by atoms with Crippen molar-refractivity contribution in [2.24, 2.45) is 0 Å². The van der Waals surface area contributed by atoms with Crippen LogP contribution < -0.4 is 0 Å². The quantitative estimate of drug-likeness (QED) is 0.918. The number of hydrogen-bond acceptors (Lipinski definition) is 4. The Labute approximate surface area is 122 Å². The third kappa shape index (κ3) is 3.32. The van der Waals surface area contributed by atoms with Gasteiger partial charge in [0.25, 0.3) is 0 Å². The van der Waals surface area contributed by atoms with Crippen LogP contribution in [-0.2, 0) is 0 Å². The number of aromatic nitrogens is 2. The predicted octanol–water partition coefficient (Wildman–Crippen LogP) is 2.90. The largest absolute Gasteiger partial charge is 0.396 e. The fraction of sp³-hybridized carbons (Fsp3) is 0.267. The second-order valence-electron chi connectivity index (χ2n) is 4.40. The van der Waals surface area contributed by atoms with Crippen LogP contribution in [0.4, 0.5) is 0 Å². The van der Waals surface area contributed by atoms with Crippen molar-refractivity contribution in [1.29, 1.82) is 5.26 Å². The maximum Gasteiger partial charge on any atom is 0.147 e. The van der Waals surface area contributed by atoms with E-state index < -0.39 is 0 Å². The van der Waals surface area contributed by atoms with Gasteiger partial charge < -0.3 is 5.11 Å². The van der Waals surface area contributed by atoms with E-state index in [4.69, 9.17) is 11.6 Å². The van der Waals surface area contributed by atoms with Crippen LogP contribution in [-0.4, -0.2) is 21.7 Å². The lowest BCUT2D eigenvalue weighted by Gasteiger charge is -2.20. The zero-order chi connectivity index (χ0) is 14.4. The van der Waals surface area contributed by atoms with E-state index in [-0.39, 0.29) is 18.4 Å². The zero-order valence-corrected chi connectivity index (χ0v) is 11.5. The molecule has 1 aromatic heterocycles. The first-order valence-corrected chi connectivity index (χ1v) is 6.67. The Morgan fingerprint density at radius 1 is 1.20 bits per heavy atom. The Morgan fingerprint density at radius 3 is 2.50 bits per heavy atom. The van der Waals surface area contributed by atoms with Crippen LogP contribution in [0.1, 0.15) is 29.5 Å².